The van der Waals surface area contributed by atoms with Crippen molar-refractivity contribution >= 4 is 11.6 Å². The summed E-state index contributed by atoms with van der Waals surface area (Å²) < 4.78 is 0. The SMILES string of the molecule is CCCCCCCCCCCCCC(=O)C(CN)(C(=O)CCCCCCCCCCCCC)C(C)(C)CCO. The lowest BCUT2D eigenvalue weighted by atomic mass is 9.58. The zero-order valence-corrected chi connectivity index (χ0v) is 26.9. The average molecular weight is 552 g/mol. The molecule has 0 aromatic heterocycles. The van der Waals surface area contributed by atoms with Gasteiger partial charge in [-0.15, -0.1) is 0 Å². The summed E-state index contributed by atoms with van der Waals surface area (Å²) in [4.78, 5) is 27.3. The largest absolute Gasteiger partial charge is 0.396 e. The van der Waals surface area contributed by atoms with Gasteiger partial charge in [0.2, 0.25) is 0 Å². The number of aliphatic hydroxyl groups excluding tert-OH is 1. The van der Waals surface area contributed by atoms with E-state index >= 15 is 0 Å². The first-order valence-corrected chi connectivity index (χ1v) is 17.2. The van der Waals surface area contributed by atoms with Gasteiger partial charge in [0.05, 0.1) is 0 Å². The fourth-order valence-electron chi connectivity index (χ4n) is 6.23. The third-order valence-electron chi connectivity index (χ3n) is 9.17. The molecule has 0 heterocycles. The van der Waals surface area contributed by atoms with Gasteiger partial charge in [0, 0.05) is 26.0 Å². The standard InChI is InChI=1S/C35H69NO3/c1-5-7-9-11-13-15-17-19-21-23-25-27-32(38)35(31-36,34(3,4)29-30-37)33(39)28-26-24-22-20-18-16-14-12-10-8-6-2/h37H,5-31,36H2,1-4H3. The van der Waals surface area contributed by atoms with Crippen LogP contribution in [0.15, 0.2) is 0 Å². The second kappa shape index (κ2) is 25.0. The minimum Gasteiger partial charge on any atom is -0.396 e. The van der Waals surface area contributed by atoms with Gasteiger partial charge >= 0.3 is 0 Å². The maximum absolute atomic E-state index is 13.6. The molecule has 0 fully saturated rings. The number of carbonyl (C=O) groups is 2. The molecule has 0 saturated carbocycles. The number of rotatable bonds is 30. The van der Waals surface area contributed by atoms with Crippen LogP contribution in [-0.2, 0) is 9.59 Å². The fourth-order valence-corrected chi connectivity index (χ4v) is 6.23. The van der Waals surface area contributed by atoms with Gasteiger partial charge in [-0.25, -0.2) is 0 Å². The van der Waals surface area contributed by atoms with Gasteiger partial charge in [0.15, 0.2) is 0 Å². The van der Waals surface area contributed by atoms with Gasteiger partial charge in [0.1, 0.15) is 17.0 Å². The molecule has 0 aliphatic carbocycles. The van der Waals surface area contributed by atoms with Crippen molar-refractivity contribution in [2.75, 3.05) is 13.2 Å². The Hall–Kier alpha value is -0.740. The molecule has 0 spiro atoms. The Balaban J connectivity index is 4.55. The Morgan fingerprint density at radius 3 is 1.08 bits per heavy atom. The molecule has 232 valence electrons. The molecule has 0 radical (unpaired) electrons. The van der Waals surface area contributed by atoms with Crippen LogP contribution in [0.1, 0.15) is 188 Å². The third-order valence-corrected chi connectivity index (χ3v) is 9.17. The summed E-state index contributed by atoms with van der Waals surface area (Å²) in [6.07, 6.45) is 28.5. The molecule has 0 aliphatic heterocycles. The van der Waals surface area contributed by atoms with Crippen molar-refractivity contribution in [1.29, 1.82) is 0 Å². The van der Waals surface area contributed by atoms with Gasteiger partial charge in [-0.1, -0.05) is 156 Å². The van der Waals surface area contributed by atoms with Crippen molar-refractivity contribution in [1.82, 2.24) is 0 Å². The van der Waals surface area contributed by atoms with Crippen LogP contribution in [0.3, 0.4) is 0 Å². The summed E-state index contributed by atoms with van der Waals surface area (Å²) in [6.45, 7) is 8.43. The molecule has 4 nitrogen and oxygen atoms in total. The second-order valence-electron chi connectivity index (χ2n) is 12.9. The van der Waals surface area contributed by atoms with Crippen LogP contribution in [0, 0.1) is 10.8 Å². The van der Waals surface area contributed by atoms with Gasteiger partial charge in [-0.2, -0.15) is 0 Å². The van der Waals surface area contributed by atoms with E-state index in [1.54, 1.807) is 0 Å². The summed E-state index contributed by atoms with van der Waals surface area (Å²) in [7, 11) is 0. The number of hydrogen-bond acceptors (Lipinski definition) is 4. The lowest BCUT2D eigenvalue weighted by molar-refractivity contribution is -0.149. The Morgan fingerprint density at radius 1 is 0.538 bits per heavy atom. The third kappa shape index (κ3) is 16.3. The maximum Gasteiger partial charge on any atom is 0.148 e. The highest BCUT2D eigenvalue weighted by Gasteiger charge is 2.53. The topological polar surface area (TPSA) is 80.4 Å². The number of aliphatic hydroxyl groups is 1. The summed E-state index contributed by atoms with van der Waals surface area (Å²) in [5.41, 5.74) is 4.45. The first-order valence-electron chi connectivity index (χ1n) is 17.2. The molecular formula is C35H69NO3. The summed E-state index contributed by atoms with van der Waals surface area (Å²) >= 11 is 0. The van der Waals surface area contributed by atoms with E-state index in [0.717, 1.165) is 38.5 Å². The van der Waals surface area contributed by atoms with Crippen LogP contribution in [0.5, 0.6) is 0 Å². The van der Waals surface area contributed by atoms with E-state index in [1.165, 1.54) is 103 Å². The normalized spacial score (nSPS) is 12.3. The highest BCUT2D eigenvalue weighted by atomic mass is 16.3. The number of Topliss-reactive ketones (excluding diaryl/α,β-unsaturated/α-hetero) is 2. The van der Waals surface area contributed by atoms with E-state index in [0.29, 0.717) is 19.3 Å². The van der Waals surface area contributed by atoms with Crippen LogP contribution in [0.4, 0.5) is 0 Å². The first kappa shape index (κ1) is 38.3. The number of hydrogen-bond donors (Lipinski definition) is 2. The lowest BCUT2D eigenvalue weighted by Crippen LogP contribution is -2.55. The van der Waals surface area contributed by atoms with Crippen LogP contribution in [-0.4, -0.2) is 29.8 Å². The van der Waals surface area contributed by atoms with E-state index in [9.17, 15) is 14.7 Å². The van der Waals surface area contributed by atoms with Crippen LogP contribution in [0.2, 0.25) is 0 Å². The zero-order chi connectivity index (χ0) is 29.2. The van der Waals surface area contributed by atoms with E-state index in [2.05, 4.69) is 13.8 Å². The number of unbranched alkanes of at least 4 members (excludes halogenated alkanes) is 20. The lowest BCUT2D eigenvalue weighted by Gasteiger charge is -2.44. The van der Waals surface area contributed by atoms with Gasteiger partial charge < -0.3 is 10.8 Å². The molecule has 3 N–H and O–H groups in total. The van der Waals surface area contributed by atoms with Crippen molar-refractivity contribution < 1.29 is 14.7 Å². The molecule has 0 atom stereocenters. The average Bonchev–Trinajstić information content (AvgIpc) is 2.90. The predicted octanol–water partition coefficient (Wildman–Crippen LogP) is 9.88. The van der Waals surface area contributed by atoms with Crippen molar-refractivity contribution in [3.8, 4) is 0 Å². The minimum absolute atomic E-state index is 0.00690. The molecule has 0 saturated heterocycles. The van der Waals surface area contributed by atoms with Gasteiger partial charge in [0.25, 0.3) is 0 Å². The molecular weight excluding hydrogens is 482 g/mol. The fraction of sp³-hybridized carbons (Fsp3) is 0.943. The molecule has 39 heavy (non-hydrogen) atoms. The van der Waals surface area contributed by atoms with E-state index in [1.807, 2.05) is 13.8 Å². The molecule has 0 aromatic carbocycles. The Morgan fingerprint density at radius 2 is 0.821 bits per heavy atom. The predicted molar refractivity (Wildman–Crippen MR) is 169 cm³/mol. The van der Waals surface area contributed by atoms with Gasteiger partial charge in [-0.3, -0.25) is 9.59 Å². The Labute approximate surface area is 244 Å². The minimum atomic E-state index is -1.17. The number of ketones is 2. The molecule has 0 amide bonds. The molecule has 0 bridgehead atoms. The maximum atomic E-state index is 13.6. The van der Waals surface area contributed by atoms with E-state index in [4.69, 9.17) is 5.73 Å². The van der Waals surface area contributed by atoms with E-state index in [-0.39, 0.29) is 24.7 Å². The van der Waals surface area contributed by atoms with Crippen LogP contribution in [0.25, 0.3) is 0 Å². The summed E-state index contributed by atoms with van der Waals surface area (Å²) in [5.74, 6) is 0.0138. The summed E-state index contributed by atoms with van der Waals surface area (Å²) in [5, 5.41) is 9.72. The van der Waals surface area contributed by atoms with Crippen LogP contribution < -0.4 is 5.73 Å². The number of nitrogens with two attached hydrogens (primary N) is 1. The molecule has 0 rings (SSSR count). The highest BCUT2D eigenvalue weighted by molar-refractivity contribution is 6.08. The quantitative estimate of drug-likeness (QED) is 0.0687. The molecule has 4 heteroatoms. The Bertz CT molecular complexity index is 548. The molecule has 0 unspecified atom stereocenters. The smallest absolute Gasteiger partial charge is 0.148 e. The first-order chi connectivity index (χ1) is 18.8. The monoisotopic (exact) mass is 552 g/mol. The zero-order valence-electron chi connectivity index (χ0n) is 26.9. The van der Waals surface area contributed by atoms with Crippen LogP contribution >= 0.6 is 0 Å². The van der Waals surface area contributed by atoms with Crippen molar-refractivity contribution in [3.63, 3.8) is 0 Å². The number of carbonyl (C=O) groups excluding carboxylic acids is 2. The summed E-state index contributed by atoms with van der Waals surface area (Å²) in [6, 6.07) is 0. The van der Waals surface area contributed by atoms with Gasteiger partial charge in [-0.05, 0) is 24.7 Å². The van der Waals surface area contributed by atoms with Crippen molar-refractivity contribution in [3.05, 3.63) is 0 Å². The highest BCUT2D eigenvalue weighted by Crippen LogP contribution is 2.45. The second-order valence-corrected chi connectivity index (χ2v) is 12.9. The van der Waals surface area contributed by atoms with E-state index < -0.39 is 10.8 Å². The molecule has 0 aromatic rings. The molecule has 0 aliphatic rings. The Kier molecular flexibility index (Phi) is 24.5. The van der Waals surface area contributed by atoms with Crippen molar-refractivity contribution in [2.45, 2.75) is 188 Å². The van der Waals surface area contributed by atoms with Crippen molar-refractivity contribution in [2.24, 2.45) is 16.6 Å².